The molecule has 0 bridgehead atoms. The number of nitrogens with one attached hydrogen (secondary N) is 1. The maximum absolute atomic E-state index is 12.6. The summed E-state index contributed by atoms with van der Waals surface area (Å²) in [6, 6.07) is 12.9. The Labute approximate surface area is 176 Å². The van der Waals surface area contributed by atoms with Crippen LogP contribution in [0.4, 0.5) is 0 Å². The Kier molecular flexibility index (Phi) is 7.96. The quantitative estimate of drug-likeness (QED) is 0.605. The number of carbonyl (C=O) groups is 2. The Hall–Kier alpha value is -2.22. The minimum Gasteiger partial charge on any atom is -0.350 e. The first-order valence-electron chi connectivity index (χ1n) is 9.23. The Balaban J connectivity index is 1.87. The van der Waals surface area contributed by atoms with Gasteiger partial charge in [-0.05, 0) is 50.1 Å². The van der Waals surface area contributed by atoms with Gasteiger partial charge in [0.05, 0.1) is 10.9 Å². The number of amides is 1. The van der Waals surface area contributed by atoms with E-state index in [2.05, 4.69) is 5.32 Å². The van der Waals surface area contributed by atoms with Crippen molar-refractivity contribution in [2.45, 2.75) is 37.6 Å². The third kappa shape index (κ3) is 6.39. The van der Waals surface area contributed by atoms with Gasteiger partial charge in [0, 0.05) is 30.6 Å². The van der Waals surface area contributed by atoms with Crippen LogP contribution >= 0.6 is 11.6 Å². The molecule has 0 saturated carbocycles. The van der Waals surface area contributed by atoms with Crippen LogP contribution in [-0.2, 0) is 14.8 Å². The zero-order valence-electron chi connectivity index (χ0n) is 16.7. The van der Waals surface area contributed by atoms with Crippen molar-refractivity contribution in [3.8, 4) is 0 Å². The van der Waals surface area contributed by atoms with E-state index in [9.17, 15) is 18.0 Å². The van der Waals surface area contributed by atoms with E-state index in [0.717, 1.165) is 5.56 Å². The van der Waals surface area contributed by atoms with Crippen LogP contribution in [-0.4, -0.2) is 38.0 Å². The molecule has 0 aliphatic carbocycles. The number of Topliss-reactive ketones (excluding diaryl/α,β-unsaturated/α-hetero) is 1. The lowest BCUT2D eigenvalue weighted by molar-refractivity contribution is -0.121. The second kappa shape index (κ2) is 10.0. The molecule has 8 heteroatoms. The van der Waals surface area contributed by atoms with Crippen molar-refractivity contribution in [2.75, 3.05) is 13.6 Å². The highest BCUT2D eigenvalue weighted by Gasteiger charge is 2.21. The van der Waals surface area contributed by atoms with E-state index in [-0.39, 0.29) is 35.6 Å². The van der Waals surface area contributed by atoms with Gasteiger partial charge in [0.15, 0.2) is 5.78 Å². The fraction of sp³-hybridized carbons (Fsp3) is 0.333. The van der Waals surface area contributed by atoms with E-state index in [1.54, 1.807) is 12.1 Å². The Morgan fingerprint density at radius 2 is 1.79 bits per heavy atom. The van der Waals surface area contributed by atoms with Gasteiger partial charge in [-0.3, -0.25) is 9.59 Å². The van der Waals surface area contributed by atoms with Crippen LogP contribution in [0.2, 0.25) is 5.02 Å². The number of benzene rings is 2. The lowest BCUT2D eigenvalue weighted by Gasteiger charge is -2.18. The number of ketones is 1. The first-order chi connectivity index (χ1) is 13.6. The third-order valence-electron chi connectivity index (χ3n) is 4.57. The summed E-state index contributed by atoms with van der Waals surface area (Å²) in [6.45, 7) is 3.49. The minimum atomic E-state index is -3.67. The van der Waals surface area contributed by atoms with Gasteiger partial charge in [0.2, 0.25) is 15.9 Å². The van der Waals surface area contributed by atoms with Crippen LogP contribution < -0.4 is 5.32 Å². The van der Waals surface area contributed by atoms with Gasteiger partial charge < -0.3 is 5.32 Å². The molecule has 0 saturated heterocycles. The van der Waals surface area contributed by atoms with Crippen molar-refractivity contribution in [3.05, 3.63) is 64.7 Å². The fourth-order valence-electron chi connectivity index (χ4n) is 2.80. The number of rotatable bonds is 9. The second-order valence-electron chi connectivity index (χ2n) is 6.85. The van der Waals surface area contributed by atoms with Crippen LogP contribution in [0.3, 0.4) is 0 Å². The molecule has 0 aliphatic heterocycles. The molecule has 156 valence electrons. The molecule has 1 amide bonds. The van der Waals surface area contributed by atoms with Gasteiger partial charge in [0.25, 0.3) is 0 Å². The molecule has 0 aliphatic rings. The molecule has 0 unspecified atom stereocenters. The molecule has 29 heavy (non-hydrogen) atoms. The van der Waals surface area contributed by atoms with Crippen LogP contribution in [0.5, 0.6) is 0 Å². The molecule has 2 aromatic carbocycles. The topological polar surface area (TPSA) is 83.6 Å². The second-order valence-corrected chi connectivity index (χ2v) is 9.34. The zero-order chi connectivity index (χ0) is 21.6. The maximum atomic E-state index is 12.6. The van der Waals surface area contributed by atoms with Crippen LogP contribution in [0.15, 0.2) is 53.4 Å². The average molecular weight is 437 g/mol. The van der Waals surface area contributed by atoms with Crippen molar-refractivity contribution >= 4 is 33.3 Å². The van der Waals surface area contributed by atoms with E-state index in [1.165, 1.54) is 42.5 Å². The van der Waals surface area contributed by atoms with E-state index >= 15 is 0 Å². The van der Waals surface area contributed by atoms with Crippen molar-refractivity contribution in [3.63, 3.8) is 0 Å². The highest BCUT2D eigenvalue weighted by molar-refractivity contribution is 7.89. The summed E-state index contributed by atoms with van der Waals surface area (Å²) < 4.78 is 26.4. The minimum absolute atomic E-state index is 0.115. The molecule has 0 radical (unpaired) electrons. The lowest BCUT2D eigenvalue weighted by atomic mass is 10.1. The molecular weight excluding hydrogens is 412 g/mol. The van der Waals surface area contributed by atoms with Crippen LogP contribution in [0, 0.1) is 0 Å². The van der Waals surface area contributed by atoms with Gasteiger partial charge in [-0.25, -0.2) is 12.7 Å². The molecule has 2 aromatic rings. The summed E-state index contributed by atoms with van der Waals surface area (Å²) in [6.07, 6.45) is 0.587. The average Bonchev–Trinajstić information content (AvgIpc) is 2.67. The third-order valence-corrected chi connectivity index (χ3v) is 6.68. The molecule has 1 N–H and O–H groups in total. The smallest absolute Gasteiger partial charge is 0.242 e. The molecule has 6 nitrogen and oxygen atoms in total. The van der Waals surface area contributed by atoms with E-state index in [1.807, 2.05) is 19.1 Å². The first-order valence-corrected chi connectivity index (χ1v) is 11.0. The SMILES string of the molecule is CC(=O)c1ccc(S(=O)(=O)N(C)CCCC(=O)N[C@@H](C)c2cccc(Cl)c2)cc1. The van der Waals surface area contributed by atoms with E-state index in [4.69, 9.17) is 11.6 Å². The van der Waals surface area contributed by atoms with Crippen molar-refractivity contribution in [1.82, 2.24) is 9.62 Å². The molecule has 2 rings (SSSR count). The molecule has 0 heterocycles. The zero-order valence-corrected chi connectivity index (χ0v) is 18.3. The van der Waals surface area contributed by atoms with Gasteiger partial charge in [-0.15, -0.1) is 0 Å². The largest absolute Gasteiger partial charge is 0.350 e. The van der Waals surface area contributed by atoms with Crippen LogP contribution in [0.1, 0.15) is 48.7 Å². The van der Waals surface area contributed by atoms with Crippen molar-refractivity contribution in [2.24, 2.45) is 0 Å². The van der Waals surface area contributed by atoms with Gasteiger partial charge in [-0.1, -0.05) is 35.9 Å². The van der Waals surface area contributed by atoms with Gasteiger partial charge in [-0.2, -0.15) is 0 Å². The molecular formula is C21H25ClN2O4S. The lowest BCUT2D eigenvalue weighted by Crippen LogP contribution is -2.30. The predicted octanol–water partition coefficient (Wildman–Crippen LogP) is 3.82. The van der Waals surface area contributed by atoms with Crippen molar-refractivity contribution in [1.29, 1.82) is 0 Å². The summed E-state index contributed by atoms with van der Waals surface area (Å²) in [5, 5.41) is 3.49. The molecule has 0 aromatic heterocycles. The number of hydrogen-bond donors (Lipinski definition) is 1. The maximum Gasteiger partial charge on any atom is 0.242 e. The highest BCUT2D eigenvalue weighted by atomic mass is 35.5. The number of halogens is 1. The van der Waals surface area contributed by atoms with E-state index in [0.29, 0.717) is 17.0 Å². The molecule has 1 atom stereocenters. The molecule has 0 spiro atoms. The normalized spacial score (nSPS) is 12.6. The first kappa shape index (κ1) is 23.1. The number of sulfonamides is 1. The Morgan fingerprint density at radius 3 is 2.38 bits per heavy atom. The van der Waals surface area contributed by atoms with Crippen LogP contribution in [0.25, 0.3) is 0 Å². The highest BCUT2D eigenvalue weighted by Crippen LogP contribution is 2.18. The molecule has 0 fully saturated rings. The predicted molar refractivity (Wildman–Crippen MR) is 114 cm³/mol. The fourth-order valence-corrected chi connectivity index (χ4v) is 4.21. The van der Waals surface area contributed by atoms with Crippen molar-refractivity contribution < 1.29 is 18.0 Å². The van der Waals surface area contributed by atoms with Gasteiger partial charge >= 0.3 is 0 Å². The monoisotopic (exact) mass is 436 g/mol. The summed E-state index contributed by atoms with van der Waals surface area (Å²) in [4.78, 5) is 23.6. The summed E-state index contributed by atoms with van der Waals surface area (Å²) in [5.41, 5.74) is 1.36. The number of nitrogens with zero attached hydrogens (tertiary/aromatic N) is 1. The summed E-state index contributed by atoms with van der Waals surface area (Å²) in [5.74, 6) is -0.283. The standard InChI is InChI=1S/C21H25ClN2O4S/c1-15(18-6-4-7-19(22)14-18)23-21(26)8-5-13-24(3)29(27,28)20-11-9-17(10-12-20)16(2)25/h4,6-7,9-12,14-15H,5,8,13H2,1-3H3,(H,23,26)/t15-/m0/s1. The summed E-state index contributed by atoms with van der Waals surface area (Å²) >= 11 is 5.97. The van der Waals surface area contributed by atoms with Gasteiger partial charge in [0.1, 0.15) is 0 Å². The Morgan fingerprint density at radius 1 is 1.14 bits per heavy atom. The Bertz CT molecular complexity index is 974. The number of hydrogen-bond acceptors (Lipinski definition) is 4. The summed E-state index contributed by atoms with van der Waals surface area (Å²) in [7, 11) is -2.20. The number of carbonyl (C=O) groups excluding carboxylic acids is 2. The van der Waals surface area contributed by atoms with E-state index < -0.39 is 10.0 Å².